The van der Waals surface area contributed by atoms with E-state index < -0.39 is 20.7 Å². The van der Waals surface area contributed by atoms with Crippen molar-refractivity contribution in [1.29, 1.82) is 0 Å². The molecule has 0 aliphatic heterocycles. The van der Waals surface area contributed by atoms with Crippen LogP contribution < -0.4 is 5.73 Å². The Bertz CT molecular complexity index is 607. The highest BCUT2D eigenvalue weighted by Crippen LogP contribution is 2.35. The topological polar surface area (TPSA) is 63.4 Å². The third-order valence-corrected chi connectivity index (χ3v) is 5.78. The summed E-state index contributed by atoms with van der Waals surface area (Å²) in [5, 5.41) is 0.0344. The van der Waals surface area contributed by atoms with Crippen LogP contribution in [0.1, 0.15) is 6.92 Å². The van der Waals surface area contributed by atoms with Crippen LogP contribution in [-0.4, -0.2) is 25.8 Å². The van der Waals surface area contributed by atoms with Crippen molar-refractivity contribution < 1.29 is 12.8 Å². The second-order valence-electron chi connectivity index (χ2n) is 3.64. The minimum absolute atomic E-state index is 0.0344. The van der Waals surface area contributed by atoms with Crippen molar-refractivity contribution in [2.45, 2.75) is 11.8 Å². The first-order chi connectivity index (χ1) is 8.77. The molecule has 0 aromatic heterocycles. The van der Waals surface area contributed by atoms with Gasteiger partial charge in [0.25, 0.3) is 0 Å². The molecule has 1 aromatic rings. The van der Waals surface area contributed by atoms with Crippen molar-refractivity contribution in [3.05, 3.63) is 34.0 Å². The van der Waals surface area contributed by atoms with Gasteiger partial charge in [0.15, 0.2) is 5.82 Å². The van der Waals surface area contributed by atoms with Crippen LogP contribution in [-0.2, 0) is 10.0 Å². The summed E-state index contributed by atoms with van der Waals surface area (Å²) in [6.45, 7) is 5.37. The van der Waals surface area contributed by atoms with E-state index in [4.69, 9.17) is 17.3 Å². The molecule has 8 heteroatoms. The number of nitrogens with zero attached hydrogens (tertiary/aromatic N) is 1. The SMILES string of the molecule is C=CCN(CC)S(=O)(=O)c1cc(Cl)c(Br)c(N)c1F. The van der Waals surface area contributed by atoms with E-state index in [9.17, 15) is 12.8 Å². The van der Waals surface area contributed by atoms with Gasteiger partial charge in [0.05, 0.1) is 15.2 Å². The molecular weight excluding hydrogens is 359 g/mol. The minimum atomic E-state index is -4.00. The number of benzene rings is 1. The van der Waals surface area contributed by atoms with Crippen molar-refractivity contribution in [1.82, 2.24) is 4.31 Å². The first-order valence-corrected chi connectivity index (χ1v) is 7.92. The lowest BCUT2D eigenvalue weighted by molar-refractivity contribution is 0.454. The van der Waals surface area contributed by atoms with Gasteiger partial charge in [0.1, 0.15) is 4.90 Å². The summed E-state index contributed by atoms with van der Waals surface area (Å²) in [5.74, 6) is -1.02. The molecule has 106 valence electrons. The lowest BCUT2D eigenvalue weighted by Gasteiger charge is -2.20. The highest BCUT2D eigenvalue weighted by Gasteiger charge is 2.28. The molecule has 0 saturated heterocycles. The Kier molecular flexibility index (Phi) is 5.37. The number of nitrogen functional groups attached to an aromatic ring is 1. The van der Waals surface area contributed by atoms with E-state index in [0.29, 0.717) is 0 Å². The molecule has 0 amide bonds. The molecule has 0 bridgehead atoms. The summed E-state index contributed by atoms with van der Waals surface area (Å²) >= 11 is 8.82. The van der Waals surface area contributed by atoms with Gasteiger partial charge in [0, 0.05) is 13.1 Å². The maximum absolute atomic E-state index is 14.0. The van der Waals surface area contributed by atoms with Crippen LogP contribution in [0.15, 0.2) is 28.1 Å². The van der Waals surface area contributed by atoms with Crippen LogP contribution in [0.2, 0.25) is 5.02 Å². The summed E-state index contributed by atoms with van der Waals surface area (Å²) in [6.07, 6.45) is 1.42. The van der Waals surface area contributed by atoms with Crippen LogP contribution in [0.3, 0.4) is 0 Å². The Morgan fingerprint density at radius 3 is 2.68 bits per heavy atom. The van der Waals surface area contributed by atoms with Crippen LogP contribution >= 0.6 is 27.5 Å². The average Bonchev–Trinajstić information content (AvgIpc) is 2.37. The molecule has 1 rings (SSSR count). The summed E-state index contributed by atoms with van der Waals surface area (Å²) in [4.78, 5) is -0.540. The van der Waals surface area contributed by atoms with Gasteiger partial charge >= 0.3 is 0 Å². The third-order valence-electron chi connectivity index (χ3n) is 2.46. The largest absolute Gasteiger partial charge is 0.395 e. The standard InChI is InChI=1S/C11H13BrClFN2O2S/c1-3-5-16(4-2)19(17,18)8-6-7(13)9(12)11(15)10(8)14/h3,6H,1,4-5,15H2,2H3. The van der Waals surface area contributed by atoms with Gasteiger partial charge in [-0.3, -0.25) is 0 Å². The third kappa shape index (κ3) is 3.10. The van der Waals surface area contributed by atoms with Crippen molar-refractivity contribution >= 4 is 43.2 Å². The molecule has 0 spiro atoms. The average molecular weight is 372 g/mol. The Balaban J connectivity index is 3.49. The number of nitrogens with two attached hydrogens (primary N) is 1. The summed E-state index contributed by atoms with van der Waals surface area (Å²) in [6, 6.07) is 1.04. The molecule has 0 heterocycles. The summed E-state index contributed by atoms with van der Waals surface area (Å²) in [7, 11) is -4.00. The number of halogens is 3. The Labute approximate surface area is 125 Å². The Morgan fingerprint density at radius 1 is 1.63 bits per heavy atom. The molecular formula is C11H13BrClFN2O2S. The molecule has 0 radical (unpaired) electrons. The second-order valence-corrected chi connectivity index (χ2v) is 6.75. The minimum Gasteiger partial charge on any atom is -0.395 e. The highest BCUT2D eigenvalue weighted by molar-refractivity contribution is 9.10. The fourth-order valence-corrected chi connectivity index (χ4v) is 3.55. The van der Waals surface area contributed by atoms with Crippen molar-refractivity contribution in [3.63, 3.8) is 0 Å². The molecule has 0 saturated carbocycles. The van der Waals surface area contributed by atoms with Gasteiger partial charge in [-0.05, 0) is 22.0 Å². The number of hydrogen-bond acceptors (Lipinski definition) is 3. The Morgan fingerprint density at radius 2 is 2.21 bits per heavy atom. The molecule has 19 heavy (non-hydrogen) atoms. The molecule has 0 unspecified atom stereocenters. The summed E-state index contributed by atoms with van der Waals surface area (Å²) < 4.78 is 39.8. The number of likely N-dealkylation sites (N-methyl/N-ethyl adjacent to an activating group) is 1. The first-order valence-electron chi connectivity index (χ1n) is 5.31. The maximum atomic E-state index is 14.0. The van der Waals surface area contributed by atoms with E-state index in [1.54, 1.807) is 6.92 Å². The van der Waals surface area contributed by atoms with Crippen LogP contribution in [0.25, 0.3) is 0 Å². The monoisotopic (exact) mass is 370 g/mol. The maximum Gasteiger partial charge on any atom is 0.246 e. The van der Waals surface area contributed by atoms with Gasteiger partial charge in [0.2, 0.25) is 10.0 Å². The van der Waals surface area contributed by atoms with Crippen molar-refractivity contribution in [2.24, 2.45) is 0 Å². The zero-order valence-corrected chi connectivity index (χ0v) is 13.3. The van der Waals surface area contributed by atoms with Gasteiger partial charge in [-0.2, -0.15) is 4.31 Å². The number of sulfonamides is 1. The fourth-order valence-electron chi connectivity index (χ4n) is 1.47. The van der Waals surface area contributed by atoms with E-state index in [2.05, 4.69) is 22.5 Å². The fraction of sp³-hybridized carbons (Fsp3) is 0.273. The van der Waals surface area contributed by atoms with Crippen LogP contribution in [0.4, 0.5) is 10.1 Å². The lowest BCUT2D eigenvalue weighted by Crippen LogP contribution is -2.31. The van der Waals surface area contributed by atoms with E-state index in [0.717, 1.165) is 10.4 Å². The van der Waals surface area contributed by atoms with Gasteiger partial charge in [-0.15, -0.1) is 6.58 Å². The van der Waals surface area contributed by atoms with Crippen LogP contribution in [0, 0.1) is 5.82 Å². The smallest absolute Gasteiger partial charge is 0.246 e. The van der Waals surface area contributed by atoms with E-state index in [1.807, 2.05) is 0 Å². The van der Waals surface area contributed by atoms with Crippen molar-refractivity contribution in [2.75, 3.05) is 18.8 Å². The first kappa shape index (κ1) is 16.4. The zero-order chi connectivity index (χ0) is 14.8. The van der Waals surface area contributed by atoms with Gasteiger partial charge in [-0.25, -0.2) is 12.8 Å². The second kappa shape index (κ2) is 6.21. The van der Waals surface area contributed by atoms with Crippen molar-refractivity contribution in [3.8, 4) is 0 Å². The van der Waals surface area contributed by atoms with E-state index in [1.165, 1.54) is 6.08 Å². The Hall–Kier alpha value is -0.630. The number of rotatable bonds is 5. The molecule has 0 atom stereocenters. The van der Waals surface area contributed by atoms with Gasteiger partial charge in [-0.1, -0.05) is 24.6 Å². The predicted octanol–water partition coefficient (Wildman–Crippen LogP) is 3.02. The van der Waals surface area contributed by atoms with Gasteiger partial charge < -0.3 is 5.73 Å². The zero-order valence-electron chi connectivity index (χ0n) is 10.2. The van der Waals surface area contributed by atoms with E-state index in [-0.39, 0.29) is 28.3 Å². The molecule has 0 aliphatic rings. The highest BCUT2D eigenvalue weighted by atomic mass is 79.9. The number of anilines is 1. The molecule has 1 aromatic carbocycles. The predicted molar refractivity (Wildman–Crippen MR) is 78.2 cm³/mol. The van der Waals surface area contributed by atoms with E-state index >= 15 is 0 Å². The molecule has 0 fully saturated rings. The summed E-state index contributed by atoms with van der Waals surface area (Å²) in [5.41, 5.74) is 5.15. The quantitative estimate of drug-likeness (QED) is 0.491. The number of hydrogen-bond donors (Lipinski definition) is 1. The molecule has 4 nitrogen and oxygen atoms in total. The molecule has 2 N–H and O–H groups in total. The molecule has 0 aliphatic carbocycles. The lowest BCUT2D eigenvalue weighted by atomic mass is 10.3. The van der Waals surface area contributed by atoms with Crippen LogP contribution in [0.5, 0.6) is 0 Å². The normalized spacial score (nSPS) is 11.8.